The number of halogens is 3. The number of carbonyl (C=O) groups excluding carboxylic acids is 2. The van der Waals surface area contributed by atoms with Crippen molar-refractivity contribution in [1.82, 2.24) is 15.4 Å². The van der Waals surface area contributed by atoms with Crippen molar-refractivity contribution < 1.29 is 36.4 Å². The van der Waals surface area contributed by atoms with E-state index in [4.69, 9.17) is 0 Å². The number of pyridine rings is 1. The molecule has 1 fully saturated rings. The second kappa shape index (κ2) is 10.1. The Morgan fingerprint density at radius 3 is 2.29 bits per heavy atom. The molecule has 0 aliphatic carbocycles. The second-order valence-corrected chi connectivity index (χ2v) is 10.4. The van der Waals surface area contributed by atoms with Crippen LogP contribution in [0.3, 0.4) is 0 Å². The fraction of sp³-hybridized carbons (Fsp3) is 0.409. The third kappa shape index (κ3) is 5.39. The lowest BCUT2D eigenvalue weighted by Crippen LogP contribution is -2.57. The van der Waals surface area contributed by atoms with Gasteiger partial charge in [0.1, 0.15) is 0 Å². The van der Waals surface area contributed by atoms with E-state index < -0.39 is 33.1 Å². The SMILES string of the molecule is O=CN1CCC(C(=O)NO)(S(=O)(=O)c2ccc(-c3ccc(CCCC(F)(F)F)cn3)cc2)CC1. The monoisotopic (exact) mass is 499 g/mol. The van der Waals surface area contributed by atoms with Crippen LogP contribution < -0.4 is 5.48 Å². The standard InChI is InChI=1S/C22H24F3N3O5S/c23-22(24,25)9-1-2-16-3-8-19(26-14-16)17-4-6-18(7-5-17)34(32,33)21(20(30)27-31)10-12-28(15-29)13-11-21/h3-8,14-15,31H,1-2,9-13H2,(H,27,30). The van der Waals surface area contributed by atoms with Gasteiger partial charge in [0, 0.05) is 31.3 Å². The summed E-state index contributed by atoms with van der Waals surface area (Å²) in [4.78, 5) is 28.9. The maximum absolute atomic E-state index is 13.4. The van der Waals surface area contributed by atoms with Crippen molar-refractivity contribution in [2.45, 2.75) is 47.9 Å². The van der Waals surface area contributed by atoms with Crippen molar-refractivity contribution >= 4 is 22.2 Å². The zero-order valence-electron chi connectivity index (χ0n) is 18.1. The maximum atomic E-state index is 13.4. The molecule has 2 heterocycles. The lowest BCUT2D eigenvalue weighted by Gasteiger charge is -2.38. The number of hydroxylamine groups is 1. The van der Waals surface area contributed by atoms with Gasteiger partial charge in [-0.05, 0) is 49.4 Å². The lowest BCUT2D eigenvalue weighted by molar-refractivity contribution is -0.135. The Kier molecular flexibility index (Phi) is 7.61. The van der Waals surface area contributed by atoms with Crippen molar-refractivity contribution in [2.75, 3.05) is 13.1 Å². The van der Waals surface area contributed by atoms with Crippen molar-refractivity contribution in [1.29, 1.82) is 0 Å². The van der Waals surface area contributed by atoms with Crippen LogP contribution in [0.25, 0.3) is 11.3 Å². The number of benzene rings is 1. The molecule has 0 spiro atoms. The molecule has 2 amide bonds. The first kappa shape index (κ1) is 25.6. The Labute approximate surface area is 194 Å². The molecule has 2 aromatic rings. The number of piperidine rings is 1. The smallest absolute Gasteiger partial charge is 0.345 e. The van der Waals surface area contributed by atoms with Gasteiger partial charge in [0.2, 0.25) is 6.41 Å². The first-order chi connectivity index (χ1) is 16.0. The largest absolute Gasteiger partial charge is 0.389 e. The van der Waals surface area contributed by atoms with Crippen LogP contribution in [0.5, 0.6) is 0 Å². The van der Waals surface area contributed by atoms with Gasteiger partial charge in [-0.15, -0.1) is 0 Å². The molecule has 1 aliphatic rings. The number of likely N-dealkylation sites (tertiary alicyclic amines) is 1. The summed E-state index contributed by atoms with van der Waals surface area (Å²) in [5.74, 6) is -1.05. The molecule has 1 saturated heterocycles. The molecule has 0 saturated carbocycles. The van der Waals surface area contributed by atoms with Crippen molar-refractivity contribution in [3.8, 4) is 11.3 Å². The molecule has 184 valence electrons. The highest BCUT2D eigenvalue weighted by Gasteiger charge is 2.52. The van der Waals surface area contributed by atoms with Crippen molar-refractivity contribution in [3.05, 3.63) is 48.2 Å². The average molecular weight is 500 g/mol. The Balaban J connectivity index is 1.78. The Morgan fingerprint density at radius 1 is 1.15 bits per heavy atom. The van der Waals surface area contributed by atoms with Crippen LogP contribution >= 0.6 is 0 Å². The van der Waals surface area contributed by atoms with Crippen LogP contribution in [0.15, 0.2) is 47.5 Å². The quantitative estimate of drug-likeness (QED) is 0.328. The van der Waals surface area contributed by atoms with E-state index in [0.717, 1.165) is 0 Å². The second-order valence-electron chi connectivity index (χ2n) is 8.12. The van der Waals surface area contributed by atoms with Gasteiger partial charge in [-0.25, -0.2) is 13.9 Å². The number of nitrogens with one attached hydrogen (secondary N) is 1. The molecular weight excluding hydrogens is 475 g/mol. The number of alkyl halides is 3. The summed E-state index contributed by atoms with van der Waals surface area (Å²) < 4.78 is 61.7. The first-order valence-electron chi connectivity index (χ1n) is 10.5. The van der Waals surface area contributed by atoms with Gasteiger partial charge in [-0.3, -0.25) is 19.8 Å². The van der Waals surface area contributed by atoms with E-state index in [1.165, 1.54) is 40.8 Å². The molecule has 0 unspecified atom stereocenters. The summed E-state index contributed by atoms with van der Waals surface area (Å²) in [6.07, 6.45) is -3.13. The number of amides is 2. The first-order valence-corrected chi connectivity index (χ1v) is 12.0. The predicted octanol–water partition coefficient (Wildman–Crippen LogP) is 2.90. The van der Waals surface area contributed by atoms with E-state index in [-0.39, 0.29) is 43.7 Å². The summed E-state index contributed by atoms with van der Waals surface area (Å²) in [6.45, 7) is 0.0982. The molecule has 0 radical (unpaired) electrons. The molecule has 1 aromatic carbocycles. The van der Waals surface area contributed by atoms with Crippen LogP contribution in [-0.2, 0) is 25.8 Å². The molecule has 0 bridgehead atoms. The number of rotatable bonds is 8. The molecule has 3 rings (SSSR count). The minimum Gasteiger partial charge on any atom is -0.345 e. The van der Waals surface area contributed by atoms with Gasteiger partial charge >= 0.3 is 6.18 Å². The lowest BCUT2D eigenvalue weighted by atomic mass is 9.95. The highest BCUT2D eigenvalue weighted by Crippen LogP contribution is 2.36. The molecule has 12 heteroatoms. The molecule has 2 N–H and O–H groups in total. The fourth-order valence-electron chi connectivity index (χ4n) is 3.98. The summed E-state index contributed by atoms with van der Waals surface area (Å²) in [5, 5.41) is 9.18. The predicted molar refractivity (Wildman–Crippen MR) is 115 cm³/mol. The molecular formula is C22H24F3N3O5S. The van der Waals surface area contributed by atoms with Gasteiger partial charge in [-0.2, -0.15) is 13.2 Å². The molecule has 34 heavy (non-hydrogen) atoms. The average Bonchev–Trinajstić information content (AvgIpc) is 2.83. The summed E-state index contributed by atoms with van der Waals surface area (Å²) in [6, 6.07) is 9.02. The van der Waals surface area contributed by atoms with E-state index >= 15 is 0 Å². The normalized spacial score (nSPS) is 16.2. The van der Waals surface area contributed by atoms with Gasteiger partial charge in [0.25, 0.3) is 5.91 Å². The van der Waals surface area contributed by atoms with E-state index in [1.54, 1.807) is 12.1 Å². The molecule has 0 atom stereocenters. The Hall–Kier alpha value is -2.99. The fourth-order valence-corrected chi connectivity index (χ4v) is 5.93. The number of hydrogen-bond acceptors (Lipinski definition) is 6. The third-order valence-corrected chi connectivity index (χ3v) is 8.51. The highest BCUT2D eigenvalue weighted by atomic mass is 32.2. The summed E-state index contributed by atoms with van der Waals surface area (Å²) in [7, 11) is -4.22. The van der Waals surface area contributed by atoms with Gasteiger partial charge in [0.05, 0.1) is 10.6 Å². The number of hydrogen-bond donors (Lipinski definition) is 2. The number of sulfone groups is 1. The van der Waals surface area contributed by atoms with Crippen LogP contribution in [0.2, 0.25) is 0 Å². The van der Waals surface area contributed by atoms with E-state index in [2.05, 4.69) is 4.98 Å². The van der Waals surface area contributed by atoms with E-state index in [9.17, 15) is 36.4 Å². The zero-order valence-corrected chi connectivity index (χ0v) is 18.9. The summed E-state index contributed by atoms with van der Waals surface area (Å²) >= 11 is 0. The van der Waals surface area contributed by atoms with E-state index in [1.807, 2.05) is 0 Å². The van der Waals surface area contributed by atoms with Crippen LogP contribution in [0, 0.1) is 0 Å². The molecule has 1 aromatic heterocycles. The van der Waals surface area contributed by atoms with Gasteiger partial charge in [-0.1, -0.05) is 18.2 Å². The summed E-state index contributed by atoms with van der Waals surface area (Å²) in [5.41, 5.74) is 3.20. The zero-order chi connectivity index (χ0) is 25.0. The number of aryl methyl sites for hydroxylation is 1. The number of nitrogens with zero attached hydrogens (tertiary/aromatic N) is 2. The van der Waals surface area contributed by atoms with Crippen LogP contribution in [0.4, 0.5) is 13.2 Å². The van der Waals surface area contributed by atoms with Gasteiger partial charge < -0.3 is 4.90 Å². The number of carbonyl (C=O) groups is 2. The topological polar surface area (TPSA) is 117 Å². The number of aromatic nitrogens is 1. The highest BCUT2D eigenvalue weighted by molar-refractivity contribution is 7.93. The van der Waals surface area contributed by atoms with Crippen LogP contribution in [0.1, 0.15) is 31.2 Å². The minimum atomic E-state index is -4.22. The maximum Gasteiger partial charge on any atom is 0.389 e. The third-order valence-electron chi connectivity index (χ3n) is 6.00. The molecule has 8 nitrogen and oxygen atoms in total. The van der Waals surface area contributed by atoms with Crippen LogP contribution in [-0.4, -0.2) is 59.8 Å². The van der Waals surface area contributed by atoms with E-state index in [0.29, 0.717) is 23.2 Å². The van der Waals surface area contributed by atoms with Crippen molar-refractivity contribution in [3.63, 3.8) is 0 Å². The minimum absolute atomic E-state index is 0.0368. The van der Waals surface area contributed by atoms with Crippen molar-refractivity contribution in [2.24, 2.45) is 0 Å². The Morgan fingerprint density at radius 2 is 1.79 bits per heavy atom. The molecule has 1 aliphatic heterocycles. The Bertz CT molecular complexity index is 1110. The van der Waals surface area contributed by atoms with Gasteiger partial charge in [0.15, 0.2) is 14.6 Å².